The molecule has 0 aliphatic carbocycles. The molecule has 1 aromatic heterocycles. The Morgan fingerprint density at radius 2 is 2.00 bits per heavy atom. The normalized spacial score (nSPS) is 10.6. The first-order valence-electron chi connectivity index (χ1n) is 5.92. The van der Waals surface area contributed by atoms with E-state index in [1.54, 1.807) is 11.3 Å². The van der Waals surface area contributed by atoms with Gasteiger partial charge in [0.15, 0.2) is 0 Å². The standard InChI is InChI=1S/C14H17BrN2S/c1-17(9-14-8-12(15)10-18-14)13-4-2-11(3-5-13)6-7-16/h2-5,8,10H,6-7,9,16H2,1H3. The van der Waals surface area contributed by atoms with Gasteiger partial charge in [0.05, 0.1) is 6.54 Å². The Hall–Kier alpha value is -0.840. The first-order chi connectivity index (χ1) is 8.69. The van der Waals surface area contributed by atoms with Crippen LogP contribution in [0.2, 0.25) is 0 Å². The van der Waals surface area contributed by atoms with E-state index in [9.17, 15) is 0 Å². The number of rotatable bonds is 5. The summed E-state index contributed by atoms with van der Waals surface area (Å²) in [6, 6.07) is 10.8. The van der Waals surface area contributed by atoms with Crippen LogP contribution < -0.4 is 10.6 Å². The van der Waals surface area contributed by atoms with Crippen molar-refractivity contribution in [3.8, 4) is 0 Å². The van der Waals surface area contributed by atoms with E-state index in [0.717, 1.165) is 17.4 Å². The van der Waals surface area contributed by atoms with Gasteiger partial charge in [-0.3, -0.25) is 0 Å². The smallest absolute Gasteiger partial charge is 0.0519 e. The van der Waals surface area contributed by atoms with Gasteiger partial charge in [-0.05, 0) is 52.7 Å². The summed E-state index contributed by atoms with van der Waals surface area (Å²) >= 11 is 5.26. The highest BCUT2D eigenvalue weighted by atomic mass is 79.9. The van der Waals surface area contributed by atoms with Gasteiger partial charge in [-0.1, -0.05) is 12.1 Å². The van der Waals surface area contributed by atoms with E-state index in [-0.39, 0.29) is 0 Å². The van der Waals surface area contributed by atoms with Gasteiger partial charge in [0.1, 0.15) is 0 Å². The second kappa shape index (κ2) is 6.36. The Bertz CT molecular complexity index is 493. The molecule has 0 radical (unpaired) electrons. The molecule has 0 spiro atoms. The van der Waals surface area contributed by atoms with Gasteiger partial charge in [0.25, 0.3) is 0 Å². The highest BCUT2D eigenvalue weighted by molar-refractivity contribution is 9.10. The lowest BCUT2D eigenvalue weighted by atomic mass is 10.1. The van der Waals surface area contributed by atoms with Crippen LogP contribution in [0.5, 0.6) is 0 Å². The third-order valence-corrected chi connectivity index (χ3v) is 4.51. The molecule has 0 saturated heterocycles. The SMILES string of the molecule is CN(Cc1cc(Br)cs1)c1ccc(CCN)cc1. The lowest BCUT2D eigenvalue weighted by molar-refractivity contribution is 0.933. The number of hydrogen-bond donors (Lipinski definition) is 1. The Morgan fingerprint density at radius 3 is 2.56 bits per heavy atom. The molecular weight excluding hydrogens is 308 g/mol. The van der Waals surface area contributed by atoms with Crippen LogP contribution >= 0.6 is 27.3 Å². The van der Waals surface area contributed by atoms with Crippen molar-refractivity contribution in [2.75, 3.05) is 18.5 Å². The van der Waals surface area contributed by atoms with Crippen molar-refractivity contribution in [3.05, 3.63) is 50.6 Å². The fourth-order valence-electron chi connectivity index (χ4n) is 1.85. The largest absolute Gasteiger partial charge is 0.369 e. The number of anilines is 1. The van der Waals surface area contributed by atoms with Crippen molar-refractivity contribution in [3.63, 3.8) is 0 Å². The van der Waals surface area contributed by atoms with E-state index in [2.05, 4.69) is 63.6 Å². The molecule has 0 atom stereocenters. The van der Waals surface area contributed by atoms with Gasteiger partial charge < -0.3 is 10.6 Å². The zero-order valence-corrected chi connectivity index (χ0v) is 12.8. The molecule has 0 unspecified atom stereocenters. The minimum Gasteiger partial charge on any atom is -0.369 e. The number of halogens is 1. The minimum absolute atomic E-state index is 0.707. The van der Waals surface area contributed by atoms with Crippen molar-refractivity contribution in [1.82, 2.24) is 0 Å². The molecular formula is C14H17BrN2S. The Balaban J connectivity index is 2.02. The first kappa shape index (κ1) is 13.6. The van der Waals surface area contributed by atoms with Crippen molar-refractivity contribution >= 4 is 33.0 Å². The van der Waals surface area contributed by atoms with E-state index in [1.807, 2.05) is 0 Å². The number of hydrogen-bond acceptors (Lipinski definition) is 3. The van der Waals surface area contributed by atoms with Crippen LogP contribution in [0.25, 0.3) is 0 Å². The van der Waals surface area contributed by atoms with Crippen molar-refractivity contribution in [2.24, 2.45) is 5.73 Å². The van der Waals surface area contributed by atoms with Crippen LogP contribution in [0.3, 0.4) is 0 Å². The molecule has 0 saturated carbocycles. The zero-order valence-electron chi connectivity index (χ0n) is 10.4. The lowest BCUT2D eigenvalue weighted by Gasteiger charge is -2.18. The quantitative estimate of drug-likeness (QED) is 0.909. The maximum absolute atomic E-state index is 5.55. The molecule has 0 aliphatic rings. The highest BCUT2D eigenvalue weighted by Crippen LogP contribution is 2.23. The summed E-state index contributed by atoms with van der Waals surface area (Å²) in [7, 11) is 2.12. The zero-order chi connectivity index (χ0) is 13.0. The second-order valence-corrected chi connectivity index (χ2v) is 6.20. The Morgan fingerprint density at radius 1 is 1.28 bits per heavy atom. The number of nitrogens with two attached hydrogens (primary N) is 1. The van der Waals surface area contributed by atoms with Crippen LogP contribution in [0.4, 0.5) is 5.69 Å². The average molecular weight is 325 g/mol. The van der Waals surface area contributed by atoms with Gasteiger partial charge in [-0.15, -0.1) is 11.3 Å². The molecule has 0 fully saturated rings. The molecule has 2 nitrogen and oxygen atoms in total. The van der Waals surface area contributed by atoms with Crippen molar-refractivity contribution < 1.29 is 0 Å². The van der Waals surface area contributed by atoms with Crippen LogP contribution in [-0.4, -0.2) is 13.6 Å². The summed E-state index contributed by atoms with van der Waals surface area (Å²) in [6.07, 6.45) is 0.946. The molecule has 2 N–H and O–H groups in total. The third kappa shape index (κ3) is 3.57. The molecule has 0 amide bonds. The van der Waals surface area contributed by atoms with Gasteiger partial charge in [-0.25, -0.2) is 0 Å². The van der Waals surface area contributed by atoms with Crippen molar-refractivity contribution in [2.45, 2.75) is 13.0 Å². The maximum Gasteiger partial charge on any atom is 0.0519 e. The monoisotopic (exact) mass is 324 g/mol. The average Bonchev–Trinajstić information content (AvgIpc) is 2.76. The molecule has 0 bridgehead atoms. The topological polar surface area (TPSA) is 29.3 Å². The fraction of sp³-hybridized carbons (Fsp3) is 0.286. The van der Waals surface area contributed by atoms with E-state index in [0.29, 0.717) is 6.54 Å². The molecule has 0 aliphatic heterocycles. The van der Waals surface area contributed by atoms with Crippen LogP contribution in [0.15, 0.2) is 40.2 Å². The Labute approximate surface area is 121 Å². The van der Waals surface area contributed by atoms with Gasteiger partial charge in [0, 0.05) is 27.5 Å². The van der Waals surface area contributed by atoms with Gasteiger partial charge in [-0.2, -0.15) is 0 Å². The summed E-state index contributed by atoms with van der Waals surface area (Å²) in [5.74, 6) is 0. The lowest BCUT2D eigenvalue weighted by Crippen LogP contribution is -2.15. The molecule has 2 rings (SSSR count). The molecule has 2 aromatic rings. The highest BCUT2D eigenvalue weighted by Gasteiger charge is 2.04. The third-order valence-electron chi connectivity index (χ3n) is 2.82. The summed E-state index contributed by atoms with van der Waals surface area (Å²) < 4.78 is 1.16. The molecule has 4 heteroatoms. The molecule has 1 heterocycles. The number of thiophene rings is 1. The number of nitrogens with zero attached hydrogens (tertiary/aromatic N) is 1. The summed E-state index contributed by atoms with van der Waals surface area (Å²) in [5, 5.41) is 2.12. The van der Waals surface area contributed by atoms with E-state index >= 15 is 0 Å². The van der Waals surface area contributed by atoms with E-state index in [4.69, 9.17) is 5.73 Å². The molecule has 18 heavy (non-hydrogen) atoms. The van der Waals surface area contributed by atoms with Crippen molar-refractivity contribution in [1.29, 1.82) is 0 Å². The molecule has 1 aromatic carbocycles. The predicted octanol–water partition coefficient (Wildman–Crippen LogP) is 3.65. The fourth-order valence-corrected chi connectivity index (χ4v) is 3.35. The van der Waals surface area contributed by atoms with E-state index in [1.165, 1.54) is 16.1 Å². The minimum atomic E-state index is 0.707. The van der Waals surface area contributed by atoms with Crippen LogP contribution in [-0.2, 0) is 13.0 Å². The van der Waals surface area contributed by atoms with Crippen LogP contribution in [0.1, 0.15) is 10.4 Å². The van der Waals surface area contributed by atoms with Gasteiger partial charge >= 0.3 is 0 Å². The first-order valence-corrected chi connectivity index (χ1v) is 7.59. The summed E-state index contributed by atoms with van der Waals surface area (Å²) in [5.41, 5.74) is 8.09. The second-order valence-electron chi connectivity index (χ2n) is 4.29. The molecule has 96 valence electrons. The summed E-state index contributed by atoms with van der Waals surface area (Å²) in [6.45, 7) is 1.64. The summed E-state index contributed by atoms with van der Waals surface area (Å²) in [4.78, 5) is 3.61. The number of benzene rings is 1. The van der Waals surface area contributed by atoms with Gasteiger partial charge in [0.2, 0.25) is 0 Å². The van der Waals surface area contributed by atoms with Crippen LogP contribution in [0, 0.1) is 0 Å². The maximum atomic E-state index is 5.55. The van der Waals surface area contributed by atoms with E-state index < -0.39 is 0 Å². The predicted molar refractivity (Wildman–Crippen MR) is 83.3 cm³/mol. The Kier molecular flexibility index (Phi) is 4.80.